The van der Waals surface area contributed by atoms with Crippen molar-refractivity contribution in [2.75, 3.05) is 13.1 Å². The zero-order valence-corrected chi connectivity index (χ0v) is 15.4. The highest BCUT2D eigenvalue weighted by Crippen LogP contribution is 2.23. The van der Waals surface area contributed by atoms with E-state index >= 15 is 0 Å². The Labute approximate surface area is 142 Å². The molecule has 2 aromatic rings. The van der Waals surface area contributed by atoms with Crippen molar-refractivity contribution in [3.05, 3.63) is 27.7 Å². The van der Waals surface area contributed by atoms with E-state index in [1.807, 2.05) is 13.8 Å². The third-order valence-electron chi connectivity index (χ3n) is 4.45. The van der Waals surface area contributed by atoms with Crippen molar-refractivity contribution in [2.45, 2.75) is 59.5 Å². The second kappa shape index (κ2) is 7.09. The standard InChI is InChI=1S/C17H27N5S/c1-12(2)17-19-16(11-23-17)10-21-7-5-6-15(8-21)9-22-14(4)18-13(3)20-22/h11-12,15H,5-10H2,1-4H3/t15-/m0/s1. The smallest absolute Gasteiger partial charge is 0.147 e. The van der Waals surface area contributed by atoms with Gasteiger partial charge in [-0.15, -0.1) is 11.3 Å². The van der Waals surface area contributed by atoms with Gasteiger partial charge >= 0.3 is 0 Å². The number of likely N-dealkylation sites (tertiary alicyclic amines) is 1. The molecular weight excluding hydrogens is 306 g/mol. The number of hydrogen-bond acceptors (Lipinski definition) is 5. The fraction of sp³-hybridized carbons (Fsp3) is 0.706. The first-order chi connectivity index (χ1) is 11.0. The van der Waals surface area contributed by atoms with E-state index in [0.29, 0.717) is 11.8 Å². The van der Waals surface area contributed by atoms with Crippen LogP contribution in [0.2, 0.25) is 0 Å². The van der Waals surface area contributed by atoms with Crippen molar-refractivity contribution >= 4 is 11.3 Å². The summed E-state index contributed by atoms with van der Waals surface area (Å²) < 4.78 is 2.07. The number of piperidine rings is 1. The Morgan fingerprint density at radius 3 is 2.78 bits per heavy atom. The number of rotatable bonds is 5. The summed E-state index contributed by atoms with van der Waals surface area (Å²) in [4.78, 5) is 11.7. The number of thiazole rings is 1. The summed E-state index contributed by atoms with van der Waals surface area (Å²) >= 11 is 1.79. The van der Waals surface area contributed by atoms with E-state index in [0.717, 1.165) is 31.3 Å². The van der Waals surface area contributed by atoms with E-state index in [1.54, 1.807) is 11.3 Å². The molecule has 6 heteroatoms. The largest absolute Gasteiger partial charge is 0.297 e. The SMILES string of the molecule is Cc1nc(C)n(C[C@H]2CCCN(Cc3csc(C(C)C)n3)C2)n1. The predicted molar refractivity (Wildman–Crippen MR) is 93.7 cm³/mol. The zero-order valence-electron chi connectivity index (χ0n) is 14.6. The van der Waals surface area contributed by atoms with Crippen LogP contribution in [0.3, 0.4) is 0 Å². The summed E-state index contributed by atoms with van der Waals surface area (Å²) in [5.41, 5.74) is 1.23. The van der Waals surface area contributed by atoms with Gasteiger partial charge in [-0.25, -0.2) is 14.6 Å². The average Bonchev–Trinajstić information content (AvgIpc) is 3.07. The number of hydrogen-bond donors (Lipinski definition) is 0. The van der Waals surface area contributed by atoms with E-state index in [4.69, 9.17) is 4.98 Å². The Balaban J connectivity index is 1.58. The normalized spacial score (nSPS) is 19.6. The second-order valence-corrected chi connectivity index (χ2v) is 7.85. The minimum Gasteiger partial charge on any atom is -0.297 e. The van der Waals surface area contributed by atoms with Crippen molar-refractivity contribution in [3.8, 4) is 0 Å². The van der Waals surface area contributed by atoms with E-state index in [-0.39, 0.29) is 0 Å². The van der Waals surface area contributed by atoms with Crippen LogP contribution in [-0.4, -0.2) is 37.7 Å². The number of aryl methyl sites for hydroxylation is 2. The molecule has 1 atom stereocenters. The second-order valence-electron chi connectivity index (χ2n) is 6.96. The Morgan fingerprint density at radius 1 is 1.30 bits per heavy atom. The van der Waals surface area contributed by atoms with Gasteiger partial charge in [-0.3, -0.25) is 4.90 Å². The van der Waals surface area contributed by atoms with Gasteiger partial charge in [0.05, 0.1) is 10.7 Å². The van der Waals surface area contributed by atoms with Crippen molar-refractivity contribution in [1.29, 1.82) is 0 Å². The van der Waals surface area contributed by atoms with E-state index in [2.05, 4.69) is 38.9 Å². The third-order valence-corrected chi connectivity index (χ3v) is 5.64. The molecule has 0 bridgehead atoms. The molecule has 5 nitrogen and oxygen atoms in total. The van der Waals surface area contributed by atoms with Gasteiger partial charge in [-0.1, -0.05) is 13.8 Å². The van der Waals surface area contributed by atoms with Crippen LogP contribution in [0.25, 0.3) is 0 Å². The van der Waals surface area contributed by atoms with Crippen LogP contribution in [0.4, 0.5) is 0 Å². The molecule has 0 aromatic carbocycles. The van der Waals surface area contributed by atoms with E-state index in [1.165, 1.54) is 30.1 Å². The first-order valence-electron chi connectivity index (χ1n) is 8.56. The minimum atomic E-state index is 0.529. The van der Waals surface area contributed by atoms with Gasteiger partial charge in [0, 0.05) is 30.9 Å². The first kappa shape index (κ1) is 16.6. The Hall–Kier alpha value is -1.27. The van der Waals surface area contributed by atoms with Crippen LogP contribution in [0.15, 0.2) is 5.38 Å². The molecule has 0 spiro atoms. The molecular formula is C17H27N5S. The quantitative estimate of drug-likeness (QED) is 0.841. The number of nitrogens with zero attached hydrogens (tertiary/aromatic N) is 5. The summed E-state index contributed by atoms with van der Waals surface area (Å²) in [7, 11) is 0. The van der Waals surface area contributed by atoms with Gasteiger partial charge in [0.15, 0.2) is 0 Å². The summed E-state index contributed by atoms with van der Waals surface area (Å²) in [5, 5.41) is 7.99. The topological polar surface area (TPSA) is 46.8 Å². The van der Waals surface area contributed by atoms with Crippen molar-refractivity contribution in [2.24, 2.45) is 5.92 Å². The third kappa shape index (κ3) is 4.18. The maximum atomic E-state index is 4.78. The molecule has 0 amide bonds. The monoisotopic (exact) mass is 333 g/mol. The highest BCUT2D eigenvalue weighted by molar-refractivity contribution is 7.09. The fourth-order valence-electron chi connectivity index (χ4n) is 3.31. The average molecular weight is 334 g/mol. The maximum Gasteiger partial charge on any atom is 0.147 e. The molecule has 0 saturated carbocycles. The van der Waals surface area contributed by atoms with Gasteiger partial charge in [0.2, 0.25) is 0 Å². The zero-order chi connectivity index (χ0) is 16.4. The van der Waals surface area contributed by atoms with Crippen LogP contribution in [-0.2, 0) is 13.1 Å². The van der Waals surface area contributed by atoms with Crippen LogP contribution in [0.5, 0.6) is 0 Å². The molecule has 1 saturated heterocycles. The van der Waals surface area contributed by atoms with Crippen molar-refractivity contribution in [1.82, 2.24) is 24.6 Å². The Kier molecular flexibility index (Phi) is 5.11. The maximum absolute atomic E-state index is 4.78. The predicted octanol–water partition coefficient (Wildman–Crippen LogP) is 3.39. The lowest BCUT2D eigenvalue weighted by atomic mass is 9.98. The lowest BCUT2D eigenvalue weighted by Gasteiger charge is -2.32. The molecule has 1 aliphatic rings. The highest BCUT2D eigenvalue weighted by atomic mass is 32.1. The van der Waals surface area contributed by atoms with Crippen LogP contribution in [0, 0.1) is 19.8 Å². The highest BCUT2D eigenvalue weighted by Gasteiger charge is 2.22. The molecule has 2 aromatic heterocycles. The van der Waals surface area contributed by atoms with Gasteiger partial charge in [0.25, 0.3) is 0 Å². The molecule has 1 fully saturated rings. The molecule has 3 heterocycles. The lowest BCUT2D eigenvalue weighted by Crippen LogP contribution is -2.37. The fourth-order valence-corrected chi connectivity index (χ4v) is 4.14. The Morgan fingerprint density at radius 2 is 2.13 bits per heavy atom. The summed E-state index contributed by atoms with van der Waals surface area (Å²) in [6, 6.07) is 0. The van der Waals surface area contributed by atoms with Crippen molar-refractivity contribution < 1.29 is 0 Å². The Bertz CT molecular complexity index is 645. The molecule has 0 aliphatic carbocycles. The van der Waals surface area contributed by atoms with Gasteiger partial charge in [0.1, 0.15) is 11.6 Å². The number of aromatic nitrogens is 4. The molecule has 1 aliphatic heterocycles. The lowest BCUT2D eigenvalue weighted by molar-refractivity contribution is 0.151. The van der Waals surface area contributed by atoms with E-state index < -0.39 is 0 Å². The molecule has 0 N–H and O–H groups in total. The summed E-state index contributed by atoms with van der Waals surface area (Å²) in [5.74, 6) is 3.09. The molecule has 23 heavy (non-hydrogen) atoms. The van der Waals surface area contributed by atoms with Crippen LogP contribution < -0.4 is 0 Å². The van der Waals surface area contributed by atoms with Crippen molar-refractivity contribution in [3.63, 3.8) is 0 Å². The molecule has 0 radical (unpaired) electrons. The molecule has 0 unspecified atom stereocenters. The molecule has 126 valence electrons. The van der Waals surface area contributed by atoms with Gasteiger partial charge in [-0.05, 0) is 39.2 Å². The minimum absolute atomic E-state index is 0.529. The van der Waals surface area contributed by atoms with E-state index in [9.17, 15) is 0 Å². The first-order valence-corrected chi connectivity index (χ1v) is 9.44. The van der Waals surface area contributed by atoms with Crippen LogP contribution >= 0.6 is 11.3 Å². The summed E-state index contributed by atoms with van der Waals surface area (Å²) in [6.07, 6.45) is 2.54. The van der Waals surface area contributed by atoms with Crippen LogP contribution in [0.1, 0.15) is 55.0 Å². The van der Waals surface area contributed by atoms with Gasteiger partial charge in [-0.2, -0.15) is 5.10 Å². The van der Waals surface area contributed by atoms with Gasteiger partial charge < -0.3 is 0 Å². The summed E-state index contributed by atoms with van der Waals surface area (Å²) in [6.45, 7) is 12.7. The molecule has 3 rings (SSSR count).